The van der Waals surface area contributed by atoms with Crippen molar-refractivity contribution in [3.8, 4) is 0 Å². The second-order valence-electron chi connectivity index (χ2n) is 9.42. The van der Waals surface area contributed by atoms with Crippen LogP contribution in [-0.4, -0.2) is 50.0 Å². The van der Waals surface area contributed by atoms with E-state index in [0.717, 1.165) is 38.3 Å². The van der Waals surface area contributed by atoms with Crippen molar-refractivity contribution in [2.75, 3.05) is 17.1 Å². The zero-order valence-corrected chi connectivity index (χ0v) is 24.6. The monoisotopic (exact) mass is 617 g/mol. The van der Waals surface area contributed by atoms with Gasteiger partial charge in [-0.1, -0.05) is 65.3 Å². The Bertz CT molecular complexity index is 1370. The molecule has 0 radical (unpaired) electrons. The van der Waals surface area contributed by atoms with Gasteiger partial charge in [-0.3, -0.25) is 13.9 Å². The molecule has 2 amide bonds. The topological polar surface area (TPSA) is 86.8 Å². The van der Waals surface area contributed by atoms with Crippen LogP contribution in [0.2, 0.25) is 0 Å². The van der Waals surface area contributed by atoms with Crippen LogP contribution < -0.4 is 9.62 Å². The van der Waals surface area contributed by atoms with E-state index in [1.807, 2.05) is 68.4 Å². The van der Waals surface area contributed by atoms with Gasteiger partial charge in [0.1, 0.15) is 18.4 Å². The summed E-state index contributed by atoms with van der Waals surface area (Å²) >= 11 is 3.45. The second kappa shape index (κ2) is 13.7. The summed E-state index contributed by atoms with van der Waals surface area (Å²) < 4.78 is 40.8. The lowest BCUT2D eigenvalue weighted by molar-refractivity contribution is -0.140. The van der Waals surface area contributed by atoms with Gasteiger partial charge in [-0.15, -0.1) is 0 Å². The van der Waals surface area contributed by atoms with Crippen LogP contribution in [0.1, 0.15) is 31.4 Å². The Morgan fingerprint density at radius 2 is 1.62 bits per heavy atom. The SMILES string of the molecule is CC[C@H](C)NC(=O)[C@@H](Cc1ccccc1)N(Cc1cccc(Br)c1)C(=O)CN(c1ccc(F)cc1)S(C)(=O)=O. The highest BCUT2D eigenvalue weighted by molar-refractivity contribution is 9.10. The lowest BCUT2D eigenvalue weighted by atomic mass is 10.0. The number of nitrogens with zero attached hydrogens (tertiary/aromatic N) is 2. The van der Waals surface area contributed by atoms with Gasteiger partial charge in [-0.2, -0.15) is 0 Å². The standard InChI is InChI=1S/C29H33BrFN3O4S/c1-4-21(2)32-29(36)27(18-22-9-6-5-7-10-22)33(19-23-11-8-12-24(30)17-23)28(35)20-34(39(3,37)38)26-15-13-25(31)14-16-26/h5-17,21,27H,4,18-20H2,1-3H3,(H,32,36)/t21-,27+/m0/s1. The Labute approximate surface area is 238 Å². The molecule has 0 saturated heterocycles. The molecular weight excluding hydrogens is 585 g/mol. The molecule has 10 heteroatoms. The van der Waals surface area contributed by atoms with Crippen LogP contribution >= 0.6 is 15.9 Å². The van der Waals surface area contributed by atoms with Gasteiger partial charge in [0.15, 0.2) is 0 Å². The summed E-state index contributed by atoms with van der Waals surface area (Å²) in [5.74, 6) is -1.42. The highest BCUT2D eigenvalue weighted by Crippen LogP contribution is 2.22. The minimum atomic E-state index is -3.91. The third kappa shape index (κ3) is 8.90. The summed E-state index contributed by atoms with van der Waals surface area (Å²) in [6.07, 6.45) is 1.92. The van der Waals surface area contributed by atoms with E-state index in [4.69, 9.17) is 0 Å². The fraction of sp³-hybridized carbons (Fsp3) is 0.310. The Morgan fingerprint density at radius 1 is 0.974 bits per heavy atom. The summed E-state index contributed by atoms with van der Waals surface area (Å²) in [5.41, 5.74) is 1.77. The predicted octanol–water partition coefficient (Wildman–Crippen LogP) is 4.91. The Morgan fingerprint density at radius 3 is 2.21 bits per heavy atom. The Balaban J connectivity index is 2.05. The van der Waals surface area contributed by atoms with Gasteiger partial charge in [0.05, 0.1) is 11.9 Å². The van der Waals surface area contributed by atoms with Gasteiger partial charge in [-0.25, -0.2) is 12.8 Å². The van der Waals surface area contributed by atoms with Crippen molar-refractivity contribution in [3.05, 3.63) is 100 Å². The van der Waals surface area contributed by atoms with Crippen LogP contribution in [0.3, 0.4) is 0 Å². The maximum absolute atomic E-state index is 14.0. The molecule has 0 heterocycles. The zero-order valence-electron chi connectivity index (χ0n) is 22.2. The summed E-state index contributed by atoms with van der Waals surface area (Å²) in [7, 11) is -3.91. The highest BCUT2D eigenvalue weighted by atomic mass is 79.9. The van der Waals surface area contributed by atoms with E-state index in [9.17, 15) is 22.4 Å². The Hall–Kier alpha value is -3.24. The number of hydrogen-bond donors (Lipinski definition) is 1. The lowest BCUT2D eigenvalue weighted by Gasteiger charge is -2.34. The number of sulfonamides is 1. The molecule has 208 valence electrons. The smallest absolute Gasteiger partial charge is 0.244 e. The molecule has 0 saturated carbocycles. The average Bonchev–Trinajstić information content (AvgIpc) is 2.89. The van der Waals surface area contributed by atoms with Crippen molar-refractivity contribution >= 4 is 43.5 Å². The molecule has 0 aliphatic heterocycles. The van der Waals surface area contributed by atoms with E-state index in [1.165, 1.54) is 17.0 Å². The summed E-state index contributed by atoms with van der Waals surface area (Å²) in [4.78, 5) is 29.0. The van der Waals surface area contributed by atoms with E-state index in [1.54, 1.807) is 0 Å². The van der Waals surface area contributed by atoms with E-state index < -0.39 is 34.3 Å². The minimum Gasteiger partial charge on any atom is -0.352 e. The van der Waals surface area contributed by atoms with Crippen LogP contribution in [-0.2, 0) is 32.6 Å². The molecule has 3 rings (SSSR count). The quantitative estimate of drug-likeness (QED) is 0.313. The molecule has 39 heavy (non-hydrogen) atoms. The lowest BCUT2D eigenvalue weighted by Crippen LogP contribution is -2.54. The number of rotatable bonds is 12. The zero-order chi connectivity index (χ0) is 28.6. The van der Waals surface area contributed by atoms with Crippen molar-refractivity contribution < 1.29 is 22.4 Å². The van der Waals surface area contributed by atoms with E-state index in [-0.39, 0.29) is 30.6 Å². The molecular formula is C29H33BrFN3O4S. The normalized spacial score (nSPS) is 12.8. The molecule has 3 aromatic carbocycles. The average molecular weight is 619 g/mol. The number of halogens is 2. The van der Waals surface area contributed by atoms with E-state index in [0.29, 0.717) is 6.42 Å². The third-order valence-electron chi connectivity index (χ3n) is 6.31. The van der Waals surface area contributed by atoms with Crippen LogP contribution in [0.4, 0.5) is 10.1 Å². The number of carbonyl (C=O) groups is 2. The van der Waals surface area contributed by atoms with Gasteiger partial charge in [0.2, 0.25) is 21.8 Å². The highest BCUT2D eigenvalue weighted by Gasteiger charge is 2.33. The van der Waals surface area contributed by atoms with Crippen molar-refractivity contribution in [1.82, 2.24) is 10.2 Å². The molecule has 7 nitrogen and oxygen atoms in total. The fourth-order valence-electron chi connectivity index (χ4n) is 4.05. The first-order valence-electron chi connectivity index (χ1n) is 12.6. The fourth-order valence-corrected chi connectivity index (χ4v) is 5.34. The molecule has 3 aromatic rings. The molecule has 0 aromatic heterocycles. The second-order valence-corrected chi connectivity index (χ2v) is 12.2. The predicted molar refractivity (Wildman–Crippen MR) is 155 cm³/mol. The maximum atomic E-state index is 14.0. The number of amides is 2. The number of benzene rings is 3. The number of anilines is 1. The van der Waals surface area contributed by atoms with Gasteiger partial charge in [0.25, 0.3) is 0 Å². The molecule has 0 unspecified atom stereocenters. The first-order chi connectivity index (χ1) is 18.5. The summed E-state index contributed by atoms with van der Waals surface area (Å²) in [6, 6.07) is 20.6. The molecule has 0 bridgehead atoms. The summed E-state index contributed by atoms with van der Waals surface area (Å²) in [6.45, 7) is 3.36. The van der Waals surface area contributed by atoms with Crippen molar-refractivity contribution in [1.29, 1.82) is 0 Å². The van der Waals surface area contributed by atoms with Crippen LogP contribution in [0.25, 0.3) is 0 Å². The number of hydrogen-bond acceptors (Lipinski definition) is 4. The van der Waals surface area contributed by atoms with E-state index >= 15 is 0 Å². The van der Waals surface area contributed by atoms with Gasteiger partial charge >= 0.3 is 0 Å². The van der Waals surface area contributed by atoms with E-state index in [2.05, 4.69) is 21.2 Å². The molecule has 0 fully saturated rings. The van der Waals surface area contributed by atoms with Crippen LogP contribution in [0, 0.1) is 5.82 Å². The number of nitrogens with one attached hydrogen (secondary N) is 1. The first kappa shape index (κ1) is 30.3. The third-order valence-corrected chi connectivity index (χ3v) is 7.94. The van der Waals surface area contributed by atoms with Gasteiger partial charge in [0, 0.05) is 23.5 Å². The molecule has 2 atom stereocenters. The molecule has 0 aliphatic rings. The maximum Gasteiger partial charge on any atom is 0.244 e. The largest absolute Gasteiger partial charge is 0.352 e. The summed E-state index contributed by atoms with van der Waals surface area (Å²) in [5, 5.41) is 2.99. The van der Waals surface area contributed by atoms with Crippen molar-refractivity contribution in [2.45, 2.75) is 45.3 Å². The van der Waals surface area contributed by atoms with Crippen LogP contribution in [0.5, 0.6) is 0 Å². The Kier molecular flexibility index (Phi) is 10.7. The number of carbonyl (C=O) groups excluding carboxylic acids is 2. The molecule has 1 N–H and O–H groups in total. The van der Waals surface area contributed by atoms with Crippen LogP contribution in [0.15, 0.2) is 83.3 Å². The van der Waals surface area contributed by atoms with Crippen molar-refractivity contribution in [3.63, 3.8) is 0 Å². The molecule has 0 aliphatic carbocycles. The van der Waals surface area contributed by atoms with Gasteiger partial charge in [-0.05, 0) is 60.9 Å². The van der Waals surface area contributed by atoms with Crippen molar-refractivity contribution in [2.24, 2.45) is 0 Å². The molecule has 0 spiro atoms. The first-order valence-corrected chi connectivity index (χ1v) is 15.2. The van der Waals surface area contributed by atoms with Gasteiger partial charge < -0.3 is 10.2 Å². The minimum absolute atomic E-state index is 0.0741.